The molecule has 2 aliphatic heterocycles. The molecule has 0 spiro atoms. The number of urea groups is 1. The number of nitrogens with two attached hydrogens (primary N) is 1. The zero-order valence-electron chi connectivity index (χ0n) is 25.4. The number of imide groups is 2. The normalized spacial score (nSPS) is 16.6. The summed E-state index contributed by atoms with van der Waals surface area (Å²) in [6, 6.07) is 15.6. The topological polar surface area (TPSA) is 228 Å². The molecule has 2 saturated heterocycles. The number of amides is 5. The van der Waals surface area contributed by atoms with Crippen LogP contribution in [-0.4, -0.2) is 113 Å². The van der Waals surface area contributed by atoms with E-state index in [0.717, 1.165) is 22.2 Å². The lowest BCUT2D eigenvalue weighted by Gasteiger charge is -2.44. The Labute approximate surface area is 265 Å². The Kier molecular flexibility index (Phi) is 11.3. The molecule has 3 heterocycles. The number of para-hydroxylation sites is 1. The third kappa shape index (κ3) is 7.82. The van der Waals surface area contributed by atoms with E-state index in [1.54, 1.807) is 29.2 Å². The molecule has 5 amide bonds. The zero-order valence-corrected chi connectivity index (χ0v) is 25.4. The van der Waals surface area contributed by atoms with E-state index in [9.17, 15) is 19.2 Å². The molecular weight excluding hydrogens is 598 g/mol. The number of aryl methyl sites for hydroxylation is 1. The molecule has 1 aromatic heterocycles. The highest BCUT2D eigenvalue weighted by molar-refractivity contribution is 6.22. The third-order valence-electron chi connectivity index (χ3n) is 7.75. The van der Waals surface area contributed by atoms with Gasteiger partial charge in [-0.2, -0.15) is 0 Å². The maximum atomic E-state index is 12.9. The van der Waals surface area contributed by atoms with Crippen molar-refractivity contribution >= 4 is 34.7 Å². The molecule has 0 unspecified atom stereocenters. The smallest absolute Gasteiger partial charge is 0.328 e. The first-order valence-corrected chi connectivity index (χ1v) is 14.7. The number of carbonyl (C=O) groups excluding carboxylic acids is 4. The molecule has 2 aliphatic rings. The summed E-state index contributed by atoms with van der Waals surface area (Å²) in [4.78, 5) is 56.6. The van der Waals surface area contributed by atoms with Gasteiger partial charge in [-0.1, -0.05) is 18.2 Å². The summed E-state index contributed by atoms with van der Waals surface area (Å²) in [7, 11) is 0. The number of barbiturate groups is 1. The van der Waals surface area contributed by atoms with Gasteiger partial charge in [-0.15, -0.1) is 0 Å². The Hall–Kier alpha value is -4.51. The van der Waals surface area contributed by atoms with Gasteiger partial charge in [0.05, 0.1) is 37.4 Å². The highest BCUT2D eigenvalue weighted by Gasteiger charge is 2.55. The van der Waals surface area contributed by atoms with Crippen LogP contribution in [0.25, 0.3) is 10.9 Å². The number of aromatic nitrogens is 1. The second kappa shape index (κ2) is 15.2. The number of nitrogens with one attached hydrogen (secondary N) is 4. The lowest BCUT2D eigenvalue weighted by atomic mass is 9.91. The number of hydrogen-bond donors (Lipinski definition) is 8. The Bertz CT molecular complexity index is 1530. The highest BCUT2D eigenvalue weighted by atomic mass is 16.5. The van der Waals surface area contributed by atoms with Crippen molar-refractivity contribution in [3.05, 3.63) is 71.4 Å². The van der Waals surface area contributed by atoms with Crippen LogP contribution in [0.4, 0.5) is 4.79 Å². The van der Waals surface area contributed by atoms with E-state index in [1.807, 2.05) is 37.3 Å². The van der Waals surface area contributed by atoms with E-state index in [2.05, 4.69) is 26.3 Å². The van der Waals surface area contributed by atoms with Gasteiger partial charge in [0, 0.05) is 48.4 Å². The fourth-order valence-electron chi connectivity index (χ4n) is 4.99. The minimum Gasteiger partial charge on any atom is -0.489 e. The summed E-state index contributed by atoms with van der Waals surface area (Å²) >= 11 is 0. The Morgan fingerprint density at radius 3 is 2.20 bits per heavy atom. The number of fused-ring (bicyclic) bond motifs is 1. The van der Waals surface area contributed by atoms with E-state index in [1.165, 1.54) is 0 Å². The number of pyridine rings is 1. The predicted octanol–water partition coefficient (Wildman–Crippen LogP) is -1.48. The van der Waals surface area contributed by atoms with Gasteiger partial charge < -0.3 is 36.4 Å². The molecule has 0 atom stereocenters. The molecule has 2 aromatic carbocycles. The van der Waals surface area contributed by atoms with Crippen LogP contribution in [0.2, 0.25) is 0 Å². The molecule has 9 N–H and O–H groups in total. The number of rotatable bonds is 10. The summed E-state index contributed by atoms with van der Waals surface area (Å²) < 4.78 is 5.97. The number of hydrogen-bond acceptors (Lipinski definition) is 12. The fraction of sp³-hybridized carbons (Fsp3) is 0.387. The molecule has 0 radical (unpaired) electrons. The van der Waals surface area contributed by atoms with Crippen molar-refractivity contribution in [1.82, 2.24) is 31.2 Å². The quantitative estimate of drug-likeness (QED) is 0.119. The van der Waals surface area contributed by atoms with Crippen molar-refractivity contribution < 1.29 is 39.2 Å². The molecule has 15 heteroatoms. The van der Waals surface area contributed by atoms with E-state index >= 15 is 0 Å². The molecular formula is C31H39N7O8. The van der Waals surface area contributed by atoms with Gasteiger partial charge in [0.15, 0.2) is 5.54 Å². The molecule has 0 bridgehead atoms. The maximum Gasteiger partial charge on any atom is 0.328 e. The van der Waals surface area contributed by atoms with Gasteiger partial charge in [0.1, 0.15) is 12.4 Å². The van der Waals surface area contributed by atoms with Crippen molar-refractivity contribution in [2.75, 3.05) is 52.5 Å². The molecule has 46 heavy (non-hydrogen) atoms. The summed E-state index contributed by atoms with van der Waals surface area (Å²) in [6.45, 7) is 2.73. The van der Waals surface area contributed by atoms with Gasteiger partial charge in [0.25, 0.3) is 17.7 Å². The predicted molar refractivity (Wildman–Crippen MR) is 167 cm³/mol. The van der Waals surface area contributed by atoms with E-state index < -0.39 is 54.7 Å². The number of aliphatic hydroxyl groups excluding tert-OH is 3. The fourth-order valence-corrected chi connectivity index (χ4v) is 4.99. The minimum atomic E-state index is -1.72. The monoisotopic (exact) mass is 637 g/mol. The third-order valence-corrected chi connectivity index (χ3v) is 7.75. The molecule has 3 aromatic rings. The van der Waals surface area contributed by atoms with Crippen LogP contribution in [0.3, 0.4) is 0 Å². The molecule has 15 nitrogen and oxygen atoms in total. The first-order valence-electron chi connectivity index (χ1n) is 14.7. The summed E-state index contributed by atoms with van der Waals surface area (Å²) in [6.07, 6.45) is 0. The van der Waals surface area contributed by atoms with Crippen molar-refractivity contribution in [2.45, 2.75) is 24.6 Å². The summed E-state index contributed by atoms with van der Waals surface area (Å²) in [5.74, 6) is -1.38. The van der Waals surface area contributed by atoms with Gasteiger partial charge in [-0.3, -0.25) is 34.9 Å². The molecule has 246 valence electrons. The van der Waals surface area contributed by atoms with E-state index in [-0.39, 0.29) is 6.54 Å². The first kappa shape index (κ1) is 34.4. The molecule has 0 saturated carbocycles. The standard InChI is InChI=1S/C27H28N6O5.C4H11NO3/c1-17-14-19(21-4-2-3-5-22(21)30-17)15-38-20-8-6-18(7-9-20)23(34)29-16-27(33-12-10-28-11-13-33)24(35)31-26(37)32-25(27)36;5-4(1-6,2-7)3-8/h2-9,14,28H,10-13,15-16H2,1H3,(H,29,34)(H2,31,32,35,36,37);6-8H,1-3,5H2. The van der Waals surface area contributed by atoms with Crippen LogP contribution in [0, 0.1) is 6.92 Å². The van der Waals surface area contributed by atoms with Gasteiger partial charge in [-0.05, 0) is 43.3 Å². The van der Waals surface area contributed by atoms with Crippen molar-refractivity contribution in [3.8, 4) is 5.75 Å². The van der Waals surface area contributed by atoms with Gasteiger partial charge in [-0.25, -0.2) is 4.79 Å². The number of nitrogens with zero attached hydrogens (tertiary/aromatic N) is 2. The Morgan fingerprint density at radius 2 is 1.61 bits per heavy atom. The average molecular weight is 638 g/mol. The van der Waals surface area contributed by atoms with Crippen LogP contribution in [-0.2, 0) is 16.2 Å². The maximum absolute atomic E-state index is 12.9. The Balaban J connectivity index is 0.000000533. The second-order valence-corrected chi connectivity index (χ2v) is 11.1. The number of piperazine rings is 1. The van der Waals surface area contributed by atoms with Crippen LogP contribution >= 0.6 is 0 Å². The van der Waals surface area contributed by atoms with Crippen molar-refractivity contribution in [3.63, 3.8) is 0 Å². The van der Waals surface area contributed by atoms with Crippen LogP contribution in [0.15, 0.2) is 54.6 Å². The molecule has 0 aliphatic carbocycles. The number of aliphatic hydroxyl groups is 3. The summed E-state index contributed by atoms with van der Waals surface area (Å²) in [5, 5.41) is 36.2. The van der Waals surface area contributed by atoms with Crippen LogP contribution in [0.1, 0.15) is 21.6 Å². The summed E-state index contributed by atoms with van der Waals surface area (Å²) in [5.41, 5.74) is 5.37. The van der Waals surface area contributed by atoms with Crippen LogP contribution < -0.4 is 31.7 Å². The van der Waals surface area contributed by atoms with E-state index in [0.29, 0.717) is 44.1 Å². The lowest BCUT2D eigenvalue weighted by molar-refractivity contribution is -0.147. The van der Waals surface area contributed by atoms with E-state index in [4.69, 9.17) is 25.8 Å². The highest BCUT2D eigenvalue weighted by Crippen LogP contribution is 2.22. The van der Waals surface area contributed by atoms with Crippen molar-refractivity contribution in [1.29, 1.82) is 0 Å². The second-order valence-electron chi connectivity index (χ2n) is 11.1. The SMILES string of the molecule is Cc1cc(COc2ccc(C(=O)NCC3(N4CCNCC4)C(=O)NC(=O)NC3=O)cc2)c2ccccc2n1.NC(CO)(CO)CO. The molecule has 5 rings (SSSR count). The van der Waals surface area contributed by atoms with Crippen LogP contribution in [0.5, 0.6) is 5.75 Å². The molecule has 2 fully saturated rings. The average Bonchev–Trinajstić information content (AvgIpc) is 3.07. The number of ether oxygens (including phenoxy) is 1. The zero-order chi connectivity index (χ0) is 33.3. The minimum absolute atomic E-state index is 0.288. The van der Waals surface area contributed by atoms with Gasteiger partial charge >= 0.3 is 6.03 Å². The van der Waals surface area contributed by atoms with Crippen molar-refractivity contribution in [2.24, 2.45) is 5.73 Å². The number of benzene rings is 2. The Morgan fingerprint density at radius 1 is 1.00 bits per heavy atom. The lowest BCUT2D eigenvalue weighted by Crippen LogP contribution is -2.77. The number of carbonyl (C=O) groups is 4. The van der Waals surface area contributed by atoms with Gasteiger partial charge in [0.2, 0.25) is 0 Å². The first-order chi connectivity index (χ1) is 22.0. The largest absolute Gasteiger partial charge is 0.489 e.